The maximum Gasteiger partial charge on any atom is 0.302 e. The van der Waals surface area contributed by atoms with E-state index in [0.29, 0.717) is 34.3 Å². The van der Waals surface area contributed by atoms with Gasteiger partial charge in [0.15, 0.2) is 5.58 Å². The molecule has 8 nitrogen and oxygen atoms in total. The quantitative estimate of drug-likeness (QED) is 0.305. The number of guanidine groups is 1. The molecule has 37 heavy (non-hydrogen) atoms. The minimum Gasteiger partial charge on any atom is -0.421 e. The summed E-state index contributed by atoms with van der Waals surface area (Å²) >= 11 is 6.56. The summed E-state index contributed by atoms with van der Waals surface area (Å²) in [6.07, 6.45) is 1.96. The molecule has 0 saturated heterocycles. The van der Waals surface area contributed by atoms with Gasteiger partial charge in [0.1, 0.15) is 23.1 Å². The van der Waals surface area contributed by atoms with Gasteiger partial charge in [0, 0.05) is 22.8 Å². The molecule has 1 atom stereocenters. The highest BCUT2D eigenvalue weighted by Crippen LogP contribution is 2.34. The van der Waals surface area contributed by atoms with E-state index in [0.717, 1.165) is 16.8 Å². The molecule has 0 radical (unpaired) electrons. The molecule has 0 fully saturated rings. The largest absolute Gasteiger partial charge is 0.421 e. The average Bonchev–Trinajstić information content (AvgIpc) is 3.38. The minimum atomic E-state index is -0.599. The van der Waals surface area contributed by atoms with Gasteiger partial charge < -0.3 is 15.1 Å². The van der Waals surface area contributed by atoms with Crippen LogP contribution in [-0.4, -0.2) is 25.6 Å². The van der Waals surface area contributed by atoms with Crippen molar-refractivity contribution >= 4 is 40.4 Å². The maximum atomic E-state index is 15.1. The predicted molar refractivity (Wildman–Crippen MR) is 140 cm³/mol. The molecule has 0 saturated carbocycles. The molecule has 5 rings (SSSR count). The highest BCUT2D eigenvalue weighted by atomic mass is 35.5. The van der Waals surface area contributed by atoms with Gasteiger partial charge in [-0.1, -0.05) is 23.7 Å². The van der Waals surface area contributed by atoms with Crippen LogP contribution in [0.1, 0.15) is 42.3 Å². The zero-order valence-corrected chi connectivity index (χ0v) is 21.6. The topological polar surface area (TPSA) is 97.5 Å². The van der Waals surface area contributed by atoms with Crippen LogP contribution >= 0.6 is 11.6 Å². The first-order valence-electron chi connectivity index (χ1n) is 11.8. The minimum absolute atomic E-state index is 0.0703. The normalized spacial score (nSPS) is 15.8. The summed E-state index contributed by atoms with van der Waals surface area (Å²) in [6, 6.07) is 8.15. The number of hydrogen-bond acceptors (Lipinski definition) is 7. The fraction of sp³-hybridized carbons (Fsp3) is 0.269. The van der Waals surface area contributed by atoms with E-state index >= 15 is 4.39 Å². The molecular formula is C26H26ClF2N7O. The summed E-state index contributed by atoms with van der Waals surface area (Å²) < 4.78 is 36.1. The Morgan fingerprint density at radius 3 is 2.65 bits per heavy atom. The number of rotatable bonds is 5. The predicted octanol–water partition coefficient (Wildman–Crippen LogP) is 6.10. The molecule has 11 heteroatoms. The number of hydrogen-bond donors (Lipinski definition) is 2. The van der Waals surface area contributed by atoms with E-state index in [9.17, 15) is 4.39 Å². The van der Waals surface area contributed by atoms with Gasteiger partial charge >= 0.3 is 6.01 Å². The second-order valence-electron chi connectivity index (χ2n) is 8.94. The van der Waals surface area contributed by atoms with E-state index in [1.807, 2.05) is 49.9 Å². The lowest BCUT2D eigenvalue weighted by Gasteiger charge is -2.32. The van der Waals surface area contributed by atoms with E-state index in [4.69, 9.17) is 26.7 Å². The number of nitrogen functional groups attached to an aromatic ring is 1. The summed E-state index contributed by atoms with van der Waals surface area (Å²) in [4.78, 5) is 11.1. The zero-order chi connectivity index (χ0) is 26.4. The third-order valence-electron chi connectivity index (χ3n) is 6.38. The Morgan fingerprint density at radius 1 is 1.16 bits per heavy atom. The number of fused-ring (bicyclic) bond motifs is 1. The average molecular weight is 526 g/mol. The summed E-state index contributed by atoms with van der Waals surface area (Å²) in [5.74, 6) is -0.644. The van der Waals surface area contributed by atoms with Gasteiger partial charge in [-0.15, -0.1) is 0 Å². The molecule has 3 N–H and O–H groups in total. The standard InChI is InChI=1S/C26H26ClF2N7O/c1-5-36-24(29)17(15(4)34-36)12-35-14(3)11-21(16-7-6-13(2)10-18(16)27)31-25(35)33-26-32-20-9-8-19(28)22(30)23(20)37-26/h6-11,21H,5,12,30H2,1-4H3,(H,31,32,33). The molecule has 0 spiro atoms. The highest BCUT2D eigenvalue weighted by molar-refractivity contribution is 6.31. The monoisotopic (exact) mass is 525 g/mol. The van der Waals surface area contributed by atoms with Crippen molar-refractivity contribution in [3.63, 3.8) is 0 Å². The fourth-order valence-corrected chi connectivity index (χ4v) is 4.68. The number of anilines is 2. The molecule has 1 aliphatic heterocycles. The van der Waals surface area contributed by atoms with Gasteiger partial charge in [0.25, 0.3) is 0 Å². The van der Waals surface area contributed by atoms with E-state index in [2.05, 4.69) is 15.4 Å². The summed E-state index contributed by atoms with van der Waals surface area (Å²) in [6.45, 7) is 8.04. The van der Waals surface area contributed by atoms with Crippen molar-refractivity contribution in [2.24, 2.45) is 4.99 Å². The number of halogens is 3. The Kier molecular flexibility index (Phi) is 6.36. The number of nitrogens with one attached hydrogen (secondary N) is 1. The van der Waals surface area contributed by atoms with Crippen LogP contribution in [-0.2, 0) is 13.1 Å². The van der Waals surface area contributed by atoms with E-state index < -0.39 is 17.8 Å². The van der Waals surface area contributed by atoms with Crippen molar-refractivity contribution in [2.45, 2.75) is 46.8 Å². The van der Waals surface area contributed by atoms with Crippen molar-refractivity contribution in [3.05, 3.63) is 81.3 Å². The van der Waals surface area contributed by atoms with Gasteiger partial charge in [0.05, 0.1) is 12.2 Å². The van der Waals surface area contributed by atoms with Crippen molar-refractivity contribution in [2.75, 3.05) is 11.1 Å². The first-order valence-corrected chi connectivity index (χ1v) is 12.2. The molecule has 1 unspecified atom stereocenters. The number of nitrogens with two attached hydrogens (primary N) is 1. The van der Waals surface area contributed by atoms with Crippen molar-refractivity contribution in [1.29, 1.82) is 0 Å². The summed E-state index contributed by atoms with van der Waals surface area (Å²) in [5.41, 5.74) is 9.91. The third kappa shape index (κ3) is 4.53. The van der Waals surface area contributed by atoms with Crippen molar-refractivity contribution < 1.29 is 13.2 Å². The van der Waals surface area contributed by atoms with Crippen LogP contribution in [0, 0.1) is 25.6 Å². The third-order valence-corrected chi connectivity index (χ3v) is 6.70. The number of allylic oxidation sites excluding steroid dienone is 1. The Hall–Kier alpha value is -3.92. The molecular weight excluding hydrogens is 500 g/mol. The van der Waals surface area contributed by atoms with Gasteiger partial charge in [-0.05, 0) is 63.1 Å². The molecule has 0 bridgehead atoms. The molecule has 192 valence electrons. The molecule has 3 heterocycles. The molecule has 2 aromatic heterocycles. The molecule has 2 aromatic carbocycles. The number of benzene rings is 2. The van der Waals surface area contributed by atoms with Crippen molar-refractivity contribution in [1.82, 2.24) is 19.7 Å². The van der Waals surface area contributed by atoms with E-state index in [-0.39, 0.29) is 23.8 Å². The number of aliphatic imine (C=N–C) groups is 1. The van der Waals surface area contributed by atoms with E-state index in [1.165, 1.54) is 16.8 Å². The van der Waals surface area contributed by atoms with E-state index in [1.54, 1.807) is 6.92 Å². The Morgan fingerprint density at radius 2 is 1.95 bits per heavy atom. The van der Waals surface area contributed by atoms with Crippen LogP contribution in [0.5, 0.6) is 0 Å². The zero-order valence-electron chi connectivity index (χ0n) is 20.8. The number of oxazole rings is 1. The summed E-state index contributed by atoms with van der Waals surface area (Å²) in [5, 5.41) is 7.97. The Bertz CT molecular complexity index is 1570. The second kappa shape index (κ2) is 9.51. The first kappa shape index (κ1) is 24.8. The number of aryl methyl sites for hydroxylation is 3. The van der Waals surface area contributed by atoms with Gasteiger partial charge in [0.2, 0.25) is 11.9 Å². The molecule has 1 aliphatic rings. The summed E-state index contributed by atoms with van der Waals surface area (Å²) in [7, 11) is 0. The Labute approximate surface area is 217 Å². The molecule has 4 aromatic rings. The lowest BCUT2D eigenvalue weighted by Crippen LogP contribution is -2.38. The van der Waals surface area contributed by atoms with Gasteiger partial charge in [-0.3, -0.25) is 5.32 Å². The van der Waals surface area contributed by atoms with Gasteiger partial charge in [-0.2, -0.15) is 14.5 Å². The Balaban J connectivity index is 1.57. The molecule has 0 aliphatic carbocycles. The smallest absolute Gasteiger partial charge is 0.302 e. The lowest BCUT2D eigenvalue weighted by atomic mass is 10.0. The number of aromatic nitrogens is 3. The second-order valence-corrected chi connectivity index (χ2v) is 9.35. The fourth-order valence-electron chi connectivity index (χ4n) is 4.33. The SMILES string of the molecule is CCn1nc(C)c(CN2C(C)=CC(c3ccc(C)cc3Cl)N=C2Nc2nc3ccc(F)c(N)c3o2)c1F. The highest BCUT2D eigenvalue weighted by Gasteiger charge is 2.28. The van der Waals surface area contributed by atoms with Crippen LogP contribution < -0.4 is 11.1 Å². The van der Waals surface area contributed by atoms with Crippen molar-refractivity contribution in [3.8, 4) is 0 Å². The maximum absolute atomic E-state index is 15.1. The van der Waals surface area contributed by atoms with Crippen LogP contribution in [0.4, 0.5) is 20.5 Å². The molecule has 0 amide bonds. The number of nitrogens with zero attached hydrogens (tertiary/aromatic N) is 5. The van der Waals surface area contributed by atoms with Crippen LogP contribution in [0.2, 0.25) is 5.02 Å². The lowest BCUT2D eigenvalue weighted by molar-refractivity contribution is 0.434. The van der Waals surface area contributed by atoms with Crippen LogP contribution in [0.3, 0.4) is 0 Å². The van der Waals surface area contributed by atoms with Crippen LogP contribution in [0.25, 0.3) is 11.1 Å². The first-order chi connectivity index (χ1) is 17.7. The van der Waals surface area contributed by atoms with Gasteiger partial charge in [-0.25, -0.2) is 14.1 Å². The van der Waals surface area contributed by atoms with Crippen LogP contribution in [0.15, 0.2) is 51.5 Å².